The second-order valence-electron chi connectivity index (χ2n) is 5.86. The van der Waals surface area contributed by atoms with Gasteiger partial charge < -0.3 is 4.90 Å². The fraction of sp³-hybridized carbons (Fsp3) is 0.353. The topological polar surface area (TPSA) is 81.7 Å². The number of rotatable bonds is 8. The smallest absolute Gasteiger partial charge is 0.268 e. The fourth-order valence-electron chi connectivity index (χ4n) is 2.54. The molecule has 0 aliphatic rings. The zero-order valence-electron chi connectivity index (χ0n) is 14.2. The maximum absolute atomic E-state index is 12.2. The van der Waals surface area contributed by atoms with Crippen LogP contribution in [0.15, 0.2) is 53.7 Å². The minimum atomic E-state index is -0.0965. The summed E-state index contributed by atoms with van der Waals surface area (Å²) in [5, 5.41) is 15.2. The number of aromatic nitrogens is 6. The van der Waals surface area contributed by atoms with E-state index in [-0.39, 0.29) is 5.56 Å². The molecule has 0 aliphatic carbocycles. The molecule has 8 heteroatoms. The molecule has 0 aliphatic heterocycles. The van der Waals surface area contributed by atoms with Crippen molar-refractivity contribution in [1.82, 2.24) is 30.0 Å². The summed E-state index contributed by atoms with van der Waals surface area (Å²) in [4.78, 5) is 14.3. The van der Waals surface area contributed by atoms with Crippen LogP contribution in [0.1, 0.15) is 12.0 Å². The van der Waals surface area contributed by atoms with Gasteiger partial charge in [-0.25, -0.2) is 9.36 Å². The number of benzene rings is 1. The second kappa shape index (κ2) is 8.18. The molecule has 0 saturated heterocycles. The summed E-state index contributed by atoms with van der Waals surface area (Å²) in [5.41, 5.74) is 2.01. The van der Waals surface area contributed by atoms with Crippen LogP contribution in [0.2, 0.25) is 0 Å². The first kappa shape index (κ1) is 16.8. The van der Waals surface area contributed by atoms with E-state index >= 15 is 0 Å². The lowest BCUT2D eigenvalue weighted by Gasteiger charge is -2.19. The molecule has 2 heterocycles. The fourth-order valence-corrected chi connectivity index (χ4v) is 2.54. The first-order chi connectivity index (χ1) is 12.2. The average molecular weight is 339 g/mol. The molecular formula is C17H21N7O. The van der Waals surface area contributed by atoms with Gasteiger partial charge in [-0.1, -0.05) is 30.3 Å². The van der Waals surface area contributed by atoms with Crippen molar-refractivity contribution in [1.29, 1.82) is 0 Å². The lowest BCUT2D eigenvalue weighted by atomic mass is 10.1. The van der Waals surface area contributed by atoms with Gasteiger partial charge in [-0.3, -0.25) is 4.79 Å². The van der Waals surface area contributed by atoms with Crippen LogP contribution in [0.5, 0.6) is 0 Å². The number of hydrogen-bond donors (Lipinski definition) is 0. The van der Waals surface area contributed by atoms with Gasteiger partial charge in [-0.15, -0.1) is 5.10 Å². The number of hydrogen-bond acceptors (Lipinski definition) is 6. The Balaban J connectivity index is 1.54. The lowest BCUT2D eigenvalue weighted by Crippen LogP contribution is -2.27. The van der Waals surface area contributed by atoms with Gasteiger partial charge in [0.15, 0.2) is 0 Å². The van der Waals surface area contributed by atoms with Crippen molar-refractivity contribution in [2.24, 2.45) is 0 Å². The summed E-state index contributed by atoms with van der Waals surface area (Å²) in [7, 11) is 1.97. The first-order valence-corrected chi connectivity index (χ1v) is 8.25. The van der Waals surface area contributed by atoms with Gasteiger partial charge in [-0.05, 0) is 28.8 Å². The molecule has 0 bridgehead atoms. The van der Waals surface area contributed by atoms with E-state index < -0.39 is 0 Å². The van der Waals surface area contributed by atoms with E-state index in [4.69, 9.17) is 0 Å². The van der Waals surface area contributed by atoms with Crippen LogP contribution < -0.4 is 10.5 Å². The Bertz CT molecular complexity index is 830. The van der Waals surface area contributed by atoms with Crippen LogP contribution in [0.4, 0.5) is 5.69 Å². The maximum atomic E-state index is 12.2. The van der Waals surface area contributed by atoms with Crippen molar-refractivity contribution in [2.75, 3.05) is 18.5 Å². The Morgan fingerprint density at radius 3 is 2.72 bits per heavy atom. The Kier molecular flexibility index (Phi) is 5.50. The van der Waals surface area contributed by atoms with E-state index in [1.807, 2.05) is 30.1 Å². The maximum Gasteiger partial charge on any atom is 0.268 e. The van der Waals surface area contributed by atoms with Crippen molar-refractivity contribution in [2.45, 2.75) is 25.9 Å². The van der Waals surface area contributed by atoms with E-state index in [0.29, 0.717) is 13.1 Å². The van der Waals surface area contributed by atoms with Crippen molar-refractivity contribution in [3.63, 3.8) is 0 Å². The molecule has 0 saturated carbocycles. The van der Waals surface area contributed by atoms with E-state index in [9.17, 15) is 4.79 Å². The number of likely N-dealkylation sites (N-methyl/N-ethyl adjacent to an activating group) is 1. The zero-order valence-corrected chi connectivity index (χ0v) is 14.2. The Hall–Kier alpha value is -3.03. The standard InChI is InChI=1S/C17H21N7O/c1-22(11-8-15-6-3-2-4-7-15)16-12-17(25)24(19-13-16)10-5-9-23-14-18-20-21-23/h2-4,6-7,12-14H,5,8-11H2,1H3. The minimum absolute atomic E-state index is 0.0965. The molecule has 130 valence electrons. The molecule has 3 rings (SSSR count). The predicted molar refractivity (Wildman–Crippen MR) is 94.3 cm³/mol. The quantitative estimate of drug-likeness (QED) is 0.609. The number of aryl methyl sites for hydroxylation is 2. The molecule has 0 unspecified atom stereocenters. The molecule has 25 heavy (non-hydrogen) atoms. The van der Waals surface area contributed by atoms with Crippen LogP contribution in [0.3, 0.4) is 0 Å². The molecule has 0 spiro atoms. The van der Waals surface area contributed by atoms with E-state index in [1.165, 1.54) is 10.2 Å². The molecule has 0 amide bonds. The van der Waals surface area contributed by atoms with Crippen LogP contribution in [-0.2, 0) is 19.5 Å². The molecule has 0 atom stereocenters. The molecule has 3 aromatic rings. The summed E-state index contributed by atoms with van der Waals surface area (Å²) >= 11 is 0. The second-order valence-corrected chi connectivity index (χ2v) is 5.86. The molecular weight excluding hydrogens is 318 g/mol. The third kappa shape index (κ3) is 4.72. The Morgan fingerprint density at radius 2 is 2.00 bits per heavy atom. The van der Waals surface area contributed by atoms with Crippen molar-refractivity contribution >= 4 is 5.69 Å². The number of anilines is 1. The van der Waals surface area contributed by atoms with Crippen molar-refractivity contribution < 1.29 is 0 Å². The number of nitrogens with zero attached hydrogens (tertiary/aromatic N) is 7. The van der Waals surface area contributed by atoms with Gasteiger partial charge in [0.2, 0.25) is 0 Å². The molecule has 0 fully saturated rings. The predicted octanol–water partition coefficient (Wildman–Crippen LogP) is 0.999. The van der Waals surface area contributed by atoms with Crippen molar-refractivity contribution in [3.05, 3.63) is 64.8 Å². The van der Waals surface area contributed by atoms with Gasteiger partial charge in [0.1, 0.15) is 6.33 Å². The average Bonchev–Trinajstić information content (AvgIpc) is 3.15. The van der Waals surface area contributed by atoms with Crippen LogP contribution in [0.25, 0.3) is 0 Å². The highest BCUT2D eigenvalue weighted by Gasteiger charge is 2.05. The molecule has 1 aromatic carbocycles. The minimum Gasteiger partial charge on any atom is -0.373 e. The molecule has 8 nitrogen and oxygen atoms in total. The third-order valence-corrected chi connectivity index (χ3v) is 4.02. The summed E-state index contributed by atoms with van der Waals surface area (Å²) in [6, 6.07) is 11.9. The summed E-state index contributed by atoms with van der Waals surface area (Å²) in [6.45, 7) is 2.01. The largest absolute Gasteiger partial charge is 0.373 e. The van der Waals surface area contributed by atoms with E-state index in [0.717, 1.165) is 25.1 Å². The van der Waals surface area contributed by atoms with E-state index in [1.54, 1.807) is 23.3 Å². The van der Waals surface area contributed by atoms with Crippen molar-refractivity contribution in [3.8, 4) is 0 Å². The highest BCUT2D eigenvalue weighted by atomic mass is 16.1. The molecule has 0 N–H and O–H groups in total. The van der Waals surface area contributed by atoms with Gasteiger partial charge in [0, 0.05) is 32.7 Å². The van der Waals surface area contributed by atoms with Gasteiger partial charge >= 0.3 is 0 Å². The summed E-state index contributed by atoms with van der Waals surface area (Å²) < 4.78 is 3.11. The Morgan fingerprint density at radius 1 is 1.16 bits per heavy atom. The third-order valence-electron chi connectivity index (χ3n) is 4.02. The molecule has 0 radical (unpaired) electrons. The highest BCUT2D eigenvalue weighted by molar-refractivity contribution is 5.42. The molecule has 2 aromatic heterocycles. The Labute approximate surface area is 145 Å². The van der Waals surface area contributed by atoms with Crippen LogP contribution in [-0.4, -0.2) is 43.6 Å². The van der Waals surface area contributed by atoms with Gasteiger partial charge in [0.25, 0.3) is 5.56 Å². The summed E-state index contributed by atoms with van der Waals surface area (Å²) in [5.74, 6) is 0. The highest BCUT2D eigenvalue weighted by Crippen LogP contribution is 2.09. The SMILES string of the molecule is CN(CCc1ccccc1)c1cnn(CCCn2cnnn2)c(=O)c1. The van der Waals surface area contributed by atoms with Crippen LogP contribution in [0, 0.1) is 0 Å². The monoisotopic (exact) mass is 339 g/mol. The van der Waals surface area contributed by atoms with Crippen LogP contribution >= 0.6 is 0 Å². The van der Waals surface area contributed by atoms with Gasteiger partial charge in [0.05, 0.1) is 11.9 Å². The number of tetrazole rings is 1. The lowest BCUT2D eigenvalue weighted by molar-refractivity contribution is 0.478. The zero-order chi connectivity index (χ0) is 17.5. The summed E-state index contributed by atoms with van der Waals surface area (Å²) in [6.07, 6.45) is 4.96. The normalized spacial score (nSPS) is 10.8. The van der Waals surface area contributed by atoms with Gasteiger partial charge in [-0.2, -0.15) is 5.10 Å². The first-order valence-electron chi connectivity index (χ1n) is 8.25. The van der Waals surface area contributed by atoms with E-state index in [2.05, 4.69) is 32.8 Å².